The molecule has 0 aliphatic carbocycles. The van der Waals surface area contributed by atoms with E-state index in [-0.39, 0.29) is 5.91 Å². The molecule has 0 aromatic rings. The van der Waals surface area contributed by atoms with Crippen LogP contribution in [0.1, 0.15) is 20.3 Å². The molecular weight excluding hydrogens is 170 g/mol. The van der Waals surface area contributed by atoms with Crippen molar-refractivity contribution in [2.24, 2.45) is 0 Å². The van der Waals surface area contributed by atoms with Crippen molar-refractivity contribution in [3.05, 3.63) is 12.2 Å². The summed E-state index contributed by atoms with van der Waals surface area (Å²) >= 11 is 0. The Balaban J connectivity index is 3.69. The van der Waals surface area contributed by atoms with Crippen molar-refractivity contribution in [2.45, 2.75) is 20.3 Å². The van der Waals surface area contributed by atoms with Gasteiger partial charge in [-0.3, -0.25) is 4.79 Å². The van der Waals surface area contributed by atoms with E-state index in [1.807, 2.05) is 6.92 Å². The van der Waals surface area contributed by atoms with Crippen molar-refractivity contribution in [1.29, 1.82) is 0 Å². The minimum absolute atomic E-state index is 0.269. The third-order valence-electron chi connectivity index (χ3n) is 1.21. The second-order valence-corrected chi connectivity index (χ2v) is 2.38. The predicted octanol–water partition coefficient (Wildman–Crippen LogP) is 0.632. The average Bonchev–Trinajstić information content (AvgIpc) is 2.12. The molecule has 0 atom stereocenters. The Hall–Kier alpha value is -1.32. The van der Waals surface area contributed by atoms with Gasteiger partial charge >= 0.3 is 5.97 Å². The van der Waals surface area contributed by atoms with E-state index in [0.29, 0.717) is 13.2 Å². The Kier molecular flexibility index (Phi) is 6.59. The van der Waals surface area contributed by atoms with Gasteiger partial charge in [0.05, 0.1) is 6.61 Å². The monoisotopic (exact) mass is 185 g/mol. The quantitative estimate of drug-likeness (QED) is 0.505. The molecule has 0 aliphatic heterocycles. The third kappa shape index (κ3) is 7.05. The third-order valence-corrected chi connectivity index (χ3v) is 1.21. The Morgan fingerprint density at radius 2 is 2.00 bits per heavy atom. The van der Waals surface area contributed by atoms with Gasteiger partial charge in [0.1, 0.15) is 0 Å². The number of esters is 1. The van der Waals surface area contributed by atoms with Gasteiger partial charge in [-0.2, -0.15) is 0 Å². The predicted molar refractivity (Wildman–Crippen MR) is 49.1 cm³/mol. The van der Waals surface area contributed by atoms with Crippen LogP contribution in [-0.4, -0.2) is 25.0 Å². The molecule has 4 nitrogen and oxygen atoms in total. The Morgan fingerprint density at radius 3 is 2.54 bits per heavy atom. The van der Waals surface area contributed by atoms with Crippen LogP contribution in [-0.2, 0) is 14.3 Å². The molecule has 13 heavy (non-hydrogen) atoms. The summed E-state index contributed by atoms with van der Waals surface area (Å²) in [7, 11) is 0. The minimum Gasteiger partial charge on any atom is -0.463 e. The summed E-state index contributed by atoms with van der Waals surface area (Å²) in [5, 5.41) is 2.60. The van der Waals surface area contributed by atoms with Crippen LogP contribution in [0.15, 0.2) is 12.2 Å². The second-order valence-electron chi connectivity index (χ2n) is 2.38. The van der Waals surface area contributed by atoms with Crippen LogP contribution < -0.4 is 5.32 Å². The summed E-state index contributed by atoms with van der Waals surface area (Å²) in [4.78, 5) is 21.6. The topological polar surface area (TPSA) is 55.4 Å². The molecule has 1 N–H and O–H groups in total. The fourth-order valence-corrected chi connectivity index (χ4v) is 0.641. The molecule has 0 aromatic heterocycles. The first-order valence-electron chi connectivity index (χ1n) is 4.33. The molecule has 0 aromatic carbocycles. The number of carbonyl (C=O) groups excluding carboxylic acids is 2. The van der Waals surface area contributed by atoms with Crippen LogP contribution in [0.3, 0.4) is 0 Å². The zero-order valence-electron chi connectivity index (χ0n) is 8.00. The van der Waals surface area contributed by atoms with Gasteiger partial charge in [0.15, 0.2) is 0 Å². The van der Waals surface area contributed by atoms with Crippen molar-refractivity contribution < 1.29 is 14.3 Å². The van der Waals surface area contributed by atoms with Crippen molar-refractivity contribution in [3.8, 4) is 0 Å². The molecule has 4 heteroatoms. The first-order valence-corrected chi connectivity index (χ1v) is 4.33. The molecule has 1 amide bonds. The van der Waals surface area contributed by atoms with Crippen molar-refractivity contribution in [1.82, 2.24) is 5.32 Å². The number of hydrogen-bond donors (Lipinski definition) is 1. The molecule has 0 fully saturated rings. The molecule has 0 aliphatic rings. The maximum absolute atomic E-state index is 10.9. The molecule has 0 unspecified atom stereocenters. The van der Waals surface area contributed by atoms with Crippen LogP contribution >= 0.6 is 0 Å². The van der Waals surface area contributed by atoms with Gasteiger partial charge in [0.2, 0.25) is 5.91 Å². The van der Waals surface area contributed by atoms with Gasteiger partial charge < -0.3 is 10.1 Å². The molecule has 0 bridgehead atoms. The summed E-state index contributed by atoms with van der Waals surface area (Å²) in [5.41, 5.74) is 0. The fourth-order valence-electron chi connectivity index (χ4n) is 0.641. The van der Waals surface area contributed by atoms with Gasteiger partial charge in [-0.25, -0.2) is 4.79 Å². The first-order chi connectivity index (χ1) is 6.20. The lowest BCUT2D eigenvalue weighted by atomic mass is 10.4. The van der Waals surface area contributed by atoms with Crippen molar-refractivity contribution >= 4 is 11.9 Å². The van der Waals surface area contributed by atoms with E-state index >= 15 is 0 Å². The van der Waals surface area contributed by atoms with Crippen LogP contribution in [0.25, 0.3) is 0 Å². The number of ether oxygens (including phenoxy) is 1. The lowest BCUT2D eigenvalue weighted by Crippen LogP contribution is -2.21. The minimum atomic E-state index is -0.492. The molecule has 0 saturated heterocycles. The van der Waals surface area contributed by atoms with E-state index in [4.69, 9.17) is 0 Å². The first kappa shape index (κ1) is 11.7. The van der Waals surface area contributed by atoms with E-state index < -0.39 is 5.97 Å². The maximum atomic E-state index is 10.9. The SMILES string of the molecule is CCCNC(=O)/C=C\C(=O)OCC. The molecule has 0 heterocycles. The Morgan fingerprint density at radius 1 is 1.31 bits per heavy atom. The number of hydrogen-bond acceptors (Lipinski definition) is 3. The zero-order valence-corrected chi connectivity index (χ0v) is 8.00. The van der Waals surface area contributed by atoms with Gasteiger partial charge in [0.25, 0.3) is 0 Å². The highest BCUT2D eigenvalue weighted by atomic mass is 16.5. The zero-order chi connectivity index (χ0) is 10.1. The largest absolute Gasteiger partial charge is 0.463 e. The summed E-state index contributed by atoms with van der Waals surface area (Å²) in [6, 6.07) is 0. The van der Waals surface area contributed by atoms with Crippen LogP contribution in [0.4, 0.5) is 0 Å². The van der Waals surface area contributed by atoms with Gasteiger partial charge in [0, 0.05) is 18.7 Å². The Bertz CT molecular complexity index is 199. The Labute approximate surface area is 78.0 Å². The number of amides is 1. The molecule has 74 valence electrons. The van der Waals surface area contributed by atoms with E-state index in [2.05, 4.69) is 10.1 Å². The lowest BCUT2D eigenvalue weighted by molar-refractivity contribution is -0.137. The number of nitrogens with one attached hydrogen (secondary N) is 1. The molecule has 0 radical (unpaired) electrons. The number of rotatable bonds is 5. The van der Waals surface area contributed by atoms with Gasteiger partial charge in [-0.15, -0.1) is 0 Å². The number of carbonyl (C=O) groups is 2. The highest BCUT2D eigenvalue weighted by Crippen LogP contribution is 1.81. The summed E-state index contributed by atoms with van der Waals surface area (Å²) in [5.74, 6) is -0.760. The molecule has 0 saturated carbocycles. The van der Waals surface area contributed by atoms with Gasteiger partial charge in [-0.05, 0) is 13.3 Å². The molecule has 0 rings (SSSR count). The van der Waals surface area contributed by atoms with E-state index in [0.717, 1.165) is 12.5 Å². The highest BCUT2D eigenvalue weighted by Gasteiger charge is 1.96. The second kappa shape index (κ2) is 7.34. The van der Waals surface area contributed by atoms with Crippen LogP contribution in [0.5, 0.6) is 0 Å². The van der Waals surface area contributed by atoms with E-state index in [1.54, 1.807) is 6.92 Å². The van der Waals surface area contributed by atoms with Crippen LogP contribution in [0, 0.1) is 0 Å². The fraction of sp³-hybridized carbons (Fsp3) is 0.556. The molecular formula is C9H15NO3. The highest BCUT2D eigenvalue weighted by molar-refractivity contribution is 5.94. The van der Waals surface area contributed by atoms with Crippen molar-refractivity contribution in [2.75, 3.05) is 13.2 Å². The van der Waals surface area contributed by atoms with Gasteiger partial charge in [-0.1, -0.05) is 6.92 Å². The standard InChI is InChI=1S/C9H15NO3/c1-3-7-10-8(11)5-6-9(12)13-4-2/h5-6H,3-4,7H2,1-2H3,(H,10,11)/b6-5-. The summed E-state index contributed by atoms with van der Waals surface area (Å²) < 4.78 is 4.59. The molecule has 0 spiro atoms. The lowest BCUT2D eigenvalue weighted by Gasteiger charge is -1.97. The summed E-state index contributed by atoms with van der Waals surface area (Å²) in [6.07, 6.45) is 3.17. The maximum Gasteiger partial charge on any atom is 0.330 e. The van der Waals surface area contributed by atoms with E-state index in [1.165, 1.54) is 6.08 Å². The van der Waals surface area contributed by atoms with Crippen molar-refractivity contribution in [3.63, 3.8) is 0 Å². The van der Waals surface area contributed by atoms with E-state index in [9.17, 15) is 9.59 Å². The van der Waals surface area contributed by atoms with Crippen LogP contribution in [0.2, 0.25) is 0 Å². The summed E-state index contributed by atoms with van der Waals surface area (Å²) in [6.45, 7) is 4.60. The average molecular weight is 185 g/mol. The normalized spacial score (nSPS) is 10.0. The smallest absolute Gasteiger partial charge is 0.330 e.